The highest BCUT2D eigenvalue weighted by Gasteiger charge is 2.55. The van der Waals surface area contributed by atoms with E-state index in [1.165, 1.54) is 10.9 Å². The van der Waals surface area contributed by atoms with Crippen molar-refractivity contribution in [2.75, 3.05) is 12.3 Å². The number of nitrogen functional groups attached to an aromatic ring is 1. The Labute approximate surface area is 216 Å². The molecule has 2 saturated heterocycles. The first-order valence-electron chi connectivity index (χ1n) is 10.7. The topological polar surface area (TPSA) is 277 Å². The number of phosphoric ester groups is 1. The number of hydrogen-bond donors (Lipinski definition) is 6. The average molecular weight is 611 g/mol. The predicted octanol–water partition coefficient (Wildman–Crippen LogP) is 0.425. The van der Waals surface area contributed by atoms with Gasteiger partial charge in [-0.1, -0.05) is 30.3 Å². The molecule has 5 rings (SSSR count). The van der Waals surface area contributed by atoms with Gasteiger partial charge in [0.25, 0.3) is 5.56 Å². The summed E-state index contributed by atoms with van der Waals surface area (Å²) in [5, 5.41) is 0. The van der Waals surface area contributed by atoms with Gasteiger partial charge in [0.15, 0.2) is 23.7 Å². The highest BCUT2D eigenvalue weighted by molar-refractivity contribution is 7.66. The zero-order valence-corrected chi connectivity index (χ0v) is 21.9. The van der Waals surface area contributed by atoms with Crippen LogP contribution in [-0.2, 0) is 41.1 Å². The second-order valence-electron chi connectivity index (χ2n) is 8.17. The van der Waals surface area contributed by atoms with Crippen molar-refractivity contribution in [2.45, 2.75) is 30.8 Å². The van der Waals surface area contributed by atoms with Crippen molar-refractivity contribution in [2.24, 2.45) is 0 Å². The summed E-state index contributed by atoms with van der Waals surface area (Å²) >= 11 is 0. The number of nitrogens with zero attached hydrogens (tertiary/aromatic N) is 3. The van der Waals surface area contributed by atoms with Crippen LogP contribution in [0.25, 0.3) is 11.2 Å². The lowest BCUT2D eigenvalue weighted by molar-refractivity contribution is -0.152. The van der Waals surface area contributed by atoms with Crippen molar-refractivity contribution in [3.63, 3.8) is 0 Å². The molecule has 5 unspecified atom stereocenters. The molecule has 0 bridgehead atoms. The first-order valence-corrected chi connectivity index (χ1v) is 15.3. The zero-order chi connectivity index (χ0) is 28.2. The Hall–Kier alpha value is -2.34. The molecule has 7 atom stereocenters. The summed E-state index contributed by atoms with van der Waals surface area (Å²) in [4.78, 5) is 59.3. The van der Waals surface area contributed by atoms with Crippen molar-refractivity contribution < 1.29 is 60.6 Å². The van der Waals surface area contributed by atoms with Crippen LogP contribution in [0.15, 0.2) is 41.5 Å². The molecule has 2 aromatic heterocycles. The fourth-order valence-corrected chi connectivity index (χ4v) is 7.09. The summed E-state index contributed by atoms with van der Waals surface area (Å²) in [5.74, 6) is -0.196. The molecule has 2 aliphatic rings. The van der Waals surface area contributed by atoms with Gasteiger partial charge in [0, 0.05) is 5.56 Å². The molecular weight excluding hydrogens is 591 g/mol. The van der Waals surface area contributed by atoms with Gasteiger partial charge in [-0.25, -0.2) is 18.7 Å². The molecule has 22 heteroatoms. The second kappa shape index (κ2) is 10.2. The van der Waals surface area contributed by atoms with Gasteiger partial charge in [-0.3, -0.25) is 18.9 Å². The minimum atomic E-state index is -5.72. The fourth-order valence-electron chi connectivity index (χ4n) is 4.06. The van der Waals surface area contributed by atoms with Gasteiger partial charge in [-0.2, -0.15) is 13.6 Å². The fraction of sp³-hybridized carbons (Fsp3) is 0.353. The van der Waals surface area contributed by atoms with E-state index < -0.39 is 66.5 Å². The maximum Gasteiger partial charge on any atom is 0.490 e. The van der Waals surface area contributed by atoms with E-state index >= 15 is 0 Å². The number of anilines is 1. The largest absolute Gasteiger partial charge is 0.490 e. The molecule has 39 heavy (non-hydrogen) atoms. The van der Waals surface area contributed by atoms with Crippen LogP contribution in [0.5, 0.6) is 0 Å². The Kier molecular flexibility index (Phi) is 7.41. The molecule has 19 nitrogen and oxygen atoms in total. The van der Waals surface area contributed by atoms with Crippen LogP contribution in [0.3, 0.4) is 0 Å². The van der Waals surface area contributed by atoms with E-state index in [0.717, 1.165) is 0 Å². The number of aromatic amines is 1. The lowest BCUT2D eigenvalue weighted by atomic mass is 10.1. The molecule has 3 aromatic rings. The quantitative estimate of drug-likeness (QED) is 0.179. The smallest absolute Gasteiger partial charge is 0.369 e. The third-order valence-corrected chi connectivity index (χ3v) is 9.26. The SMILES string of the molecule is Nc1nc2c(ncn2[C@@H]2O[C@H](COP(=O)(O)OP(=O)(O)OP(=O)(O)O)C3OC(c4ccccc4)OC32)c(=O)[nH]1. The number of fused-ring (bicyclic) bond motifs is 2. The van der Waals surface area contributed by atoms with Crippen LogP contribution in [0, 0.1) is 0 Å². The van der Waals surface area contributed by atoms with Crippen molar-refractivity contribution in [1.82, 2.24) is 19.5 Å². The van der Waals surface area contributed by atoms with E-state index in [9.17, 15) is 28.3 Å². The number of nitrogens with one attached hydrogen (secondary N) is 1. The van der Waals surface area contributed by atoms with Gasteiger partial charge in [-0.05, 0) is 0 Å². The van der Waals surface area contributed by atoms with Gasteiger partial charge < -0.3 is 39.5 Å². The maximum atomic E-state index is 12.3. The molecule has 0 amide bonds. The lowest BCUT2D eigenvalue weighted by Crippen LogP contribution is -2.31. The monoisotopic (exact) mass is 611 g/mol. The predicted molar refractivity (Wildman–Crippen MR) is 125 cm³/mol. The van der Waals surface area contributed by atoms with Crippen LogP contribution in [0.4, 0.5) is 5.95 Å². The number of rotatable bonds is 9. The molecular formula is C17H20N5O14P3. The van der Waals surface area contributed by atoms with Gasteiger partial charge in [-0.15, -0.1) is 0 Å². The van der Waals surface area contributed by atoms with Gasteiger partial charge in [0.2, 0.25) is 5.95 Å². The van der Waals surface area contributed by atoms with E-state index in [1.807, 2.05) is 0 Å². The Balaban J connectivity index is 1.40. The molecule has 212 valence electrons. The van der Waals surface area contributed by atoms with Crippen molar-refractivity contribution in [3.8, 4) is 0 Å². The number of hydrogen-bond acceptors (Lipinski definition) is 13. The van der Waals surface area contributed by atoms with Crippen LogP contribution in [0.1, 0.15) is 18.1 Å². The zero-order valence-electron chi connectivity index (χ0n) is 19.2. The number of aromatic nitrogens is 4. The summed E-state index contributed by atoms with van der Waals surface area (Å²) in [7, 11) is -16.7. The Morgan fingerprint density at radius 1 is 1.00 bits per heavy atom. The maximum absolute atomic E-state index is 12.3. The third-order valence-electron chi connectivity index (χ3n) is 5.46. The average Bonchev–Trinajstić information content (AvgIpc) is 3.50. The molecule has 0 spiro atoms. The third kappa shape index (κ3) is 6.21. The highest BCUT2D eigenvalue weighted by Crippen LogP contribution is 2.66. The minimum absolute atomic E-state index is 0.0419. The summed E-state index contributed by atoms with van der Waals surface area (Å²) in [6.07, 6.45) is -3.79. The number of imidazole rings is 1. The van der Waals surface area contributed by atoms with Crippen molar-refractivity contribution in [3.05, 3.63) is 52.6 Å². The van der Waals surface area contributed by atoms with Crippen LogP contribution in [-0.4, -0.2) is 64.0 Å². The highest BCUT2D eigenvalue weighted by atomic mass is 31.3. The summed E-state index contributed by atoms with van der Waals surface area (Å²) in [5.41, 5.74) is 5.67. The van der Waals surface area contributed by atoms with Gasteiger partial charge in [0.05, 0.1) is 12.9 Å². The first-order chi connectivity index (χ1) is 18.2. The molecule has 0 aliphatic carbocycles. The number of ether oxygens (including phenoxy) is 3. The summed E-state index contributed by atoms with van der Waals surface area (Å²) in [6.45, 7) is -0.797. The Bertz CT molecular complexity index is 1580. The van der Waals surface area contributed by atoms with Crippen molar-refractivity contribution in [1.29, 1.82) is 0 Å². The molecule has 2 fully saturated rings. The number of nitrogens with two attached hydrogens (primary N) is 1. The van der Waals surface area contributed by atoms with Gasteiger partial charge >= 0.3 is 23.5 Å². The molecule has 7 N–H and O–H groups in total. The second-order valence-corrected chi connectivity index (χ2v) is 12.6. The van der Waals surface area contributed by atoms with Crippen LogP contribution in [0.2, 0.25) is 0 Å². The van der Waals surface area contributed by atoms with Crippen molar-refractivity contribution >= 4 is 40.6 Å². The molecule has 2 aliphatic heterocycles. The van der Waals surface area contributed by atoms with E-state index in [0.29, 0.717) is 5.56 Å². The standard InChI is InChI=1S/C17H20N5O14P3/c18-17-20-13-10(14(23)21-17)19-7-22(13)15-12-11(33-16(34-12)8-4-2-1-3-5-8)9(32-15)6-31-38(27,28)36-39(29,30)35-37(24,25)26/h1-5,7,9,11-12,15-16H,6H2,(H,27,28)(H,29,30)(H2,24,25,26)(H3,18,20,21,23)/t9-,11?,12?,15-,16?/m1/s1. The first kappa shape index (κ1) is 28.2. The van der Waals surface area contributed by atoms with E-state index in [2.05, 4.69) is 23.6 Å². The Morgan fingerprint density at radius 3 is 2.38 bits per heavy atom. The van der Waals surface area contributed by atoms with E-state index in [1.54, 1.807) is 30.3 Å². The molecule has 4 heterocycles. The molecule has 0 saturated carbocycles. The number of benzene rings is 1. The van der Waals surface area contributed by atoms with E-state index in [4.69, 9.17) is 34.3 Å². The van der Waals surface area contributed by atoms with E-state index in [-0.39, 0.29) is 17.1 Å². The molecule has 1 aromatic carbocycles. The van der Waals surface area contributed by atoms with Crippen LogP contribution < -0.4 is 11.3 Å². The summed E-state index contributed by atoms with van der Waals surface area (Å²) < 4.78 is 66.3. The lowest BCUT2D eigenvalue weighted by Gasteiger charge is -2.22. The molecule has 0 radical (unpaired) electrons. The minimum Gasteiger partial charge on any atom is -0.369 e. The van der Waals surface area contributed by atoms with Crippen LogP contribution >= 0.6 is 23.5 Å². The summed E-state index contributed by atoms with van der Waals surface area (Å²) in [6, 6.07) is 8.74. The van der Waals surface area contributed by atoms with Gasteiger partial charge in [0.1, 0.15) is 18.3 Å². The Morgan fingerprint density at radius 2 is 1.69 bits per heavy atom. The number of H-pyrrole nitrogens is 1. The normalized spacial score (nSPS) is 28.3. The number of phosphoric acid groups is 3.